The molecule has 0 saturated carbocycles. The Bertz CT molecular complexity index is 552. The first kappa shape index (κ1) is 11.3. The Balaban J connectivity index is 2.13. The van der Waals surface area contributed by atoms with E-state index in [0.717, 1.165) is 12.8 Å². The van der Waals surface area contributed by atoms with Gasteiger partial charge in [0.15, 0.2) is 0 Å². The number of rotatable bonds is 2. The Kier molecular flexibility index (Phi) is 2.79. The summed E-state index contributed by atoms with van der Waals surface area (Å²) in [4.78, 5) is 0. The average Bonchev–Trinajstić information content (AvgIpc) is 2.98. The van der Waals surface area contributed by atoms with Crippen molar-refractivity contribution in [1.82, 2.24) is 0 Å². The van der Waals surface area contributed by atoms with E-state index in [1.807, 2.05) is 0 Å². The Morgan fingerprint density at radius 3 is 1.50 bits per heavy atom. The monoisotopic (exact) mass is 234 g/mol. The Morgan fingerprint density at radius 1 is 0.722 bits per heavy atom. The summed E-state index contributed by atoms with van der Waals surface area (Å²) < 4.78 is 0. The fraction of sp³-hybridized carbons (Fsp3) is 0.222. The molecule has 0 aliphatic heterocycles. The fourth-order valence-corrected chi connectivity index (χ4v) is 2.88. The fourth-order valence-electron chi connectivity index (χ4n) is 2.88. The van der Waals surface area contributed by atoms with Crippen LogP contribution in [0.15, 0.2) is 59.7 Å². The summed E-state index contributed by atoms with van der Waals surface area (Å²) in [7, 11) is 0. The molecule has 18 heavy (non-hydrogen) atoms. The number of hydrogen-bond donors (Lipinski definition) is 0. The van der Waals surface area contributed by atoms with E-state index < -0.39 is 0 Å². The van der Waals surface area contributed by atoms with E-state index in [2.05, 4.69) is 62.4 Å². The lowest BCUT2D eigenvalue weighted by atomic mass is 9.90. The van der Waals surface area contributed by atoms with Gasteiger partial charge in [-0.05, 0) is 60.1 Å². The molecule has 0 saturated heterocycles. The molecular formula is C18H18. The van der Waals surface area contributed by atoms with Gasteiger partial charge in [-0.3, -0.25) is 0 Å². The topological polar surface area (TPSA) is 0 Å². The smallest absolute Gasteiger partial charge is 0.00854 e. The van der Waals surface area contributed by atoms with E-state index in [0.29, 0.717) is 0 Å². The molecule has 0 amide bonds. The van der Waals surface area contributed by atoms with Crippen molar-refractivity contribution in [3.05, 3.63) is 70.8 Å². The maximum absolute atomic E-state index is 2.26. The van der Waals surface area contributed by atoms with Gasteiger partial charge in [-0.15, -0.1) is 0 Å². The van der Waals surface area contributed by atoms with Crippen LogP contribution in [0.5, 0.6) is 0 Å². The van der Waals surface area contributed by atoms with Gasteiger partial charge in [0.2, 0.25) is 0 Å². The predicted octanol–water partition coefficient (Wildman–Crippen LogP) is 5.15. The van der Waals surface area contributed by atoms with E-state index in [4.69, 9.17) is 0 Å². The van der Waals surface area contributed by atoms with Crippen molar-refractivity contribution in [2.24, 2.45) is 0 Å². The lowest BCUT2D eigenvalue weighted by molar-refractivity contribution is 1.35. The van der Waals surface area contributed by atoms with Gasteiger partial charge >= 0.3 is 0 Å². The molecule has 1 aromatic carbocycles. The molecule has 0 radical (unpaired) electrons. The van der Waals surface area contributed by atoms with Crippen molar-refractivity contribution in [3.63, 3.8) is 0 Å². The van der Waals surface area contributed by atoms with Crippen molar-refractivity contribution < 1.29 is 0 Å². The largest absolute Gasteiger partial charge is 0.0798 e. The van der Waals surface area contributed by atoms with E-state index in [9.17, 15) is 0 Å². The number of hydrogen-bond acceptors (Lipinski definition) is 0. The van der Waals surface area contributed by atoms with Crippen LogP contribution in [-0.2, 0) is 0 Å². The van der Waals surface area contributed by atoms with Gasteiger partial charge in [0.25, 0.3) is 0 Å². The molecule has 3 rings (SSSR count). The lowest BCUT2D eigenvalue weighted by Gasteiger charge is -2.14. The van der Waals surface area contributed by atoms with Crippen LogP contribution < -0.4 is 0 Å². The first-order chi connectivity index (χ1) is 8.77. The minimum atomic E-state index is 1.07. The molecule has 90 valence electrons. The van der Waals surface area contributed by atoms with Gasteiger partial charge in [0.05, 0.1) is 0 Å². The summed E-state index contributed by atoms with van der Waals surface area (Å²) in [6.07, 6.45) is 11.1. The highest BCUT2D eigenvalue weighted by Gasteiger charge is 2.16. The molecular weight excluding hydrogens is 216 g/mol. The van der Waals surface area contributed by atoms with Crippen molar-refractivity contribution in [1.29, 1.82) is 0 Å². The molecule has 1 aromatic rings. The SMILES string of the molecule is CC1=C(c2ccccc2C2=C(C)C=CC2)CC=C1. The summed E-state index contributed by atoms with van der Waals surface area (Å²) in [5.41, 5.74) is 8.62. The van der Waals surface area contributed by atoms with Crippen molar-refractivity contribution in [2.75, 3.05) is 0 Å². The van der Waals surface area contributed by atoms with Gasteiger partial charge in [-0.1, -0.05) is 48.6 Å². The Labute approximate surface area is 109 Å². The van der Waals surface area contributed by atoms with Crippen molar-refractivity contribution in [3.8, 4) is 0 Å². The summed E-state index contributed by atoms with van der Waals surface area (Å²) in [5, 5.41) is 0. The number of benzene rings is 1. The zero-order chi connectivity index (χ0) is 12.5. The molecule has 0 N–H and O–H groups in total. The summed E-state index contributed by atoms with van der Waals surface area (Å²) in [5.74, 6) is 0. The molecule has 2 aliphatic carbocycles. The highest BCUT2D eigenvalue weighted by atomic mass is 14.2. The molecule has 0 heteroatoms. The van der Waals surface area contributed by atoms with Crippen LogP contribution in [0.1, 0.15) is 37.8 Å². The predicted molar refractivity (Wildman–Crippen MR) is 79.1 cm³/mol. The van der Waals surface area contributed by atoms with Crippen LogP contribution in [0.4, 0.5) is 0 Å². The minimum Gasteiger partial charge on any atom is -0.0798 e. The third kappa shape index (κ3) is 1.78. The van der Waals surface area contributed by atoms with E-state index in [1.165, 1.54) is 33.4 Å². The van der Waals surface area contributed by atoms with E-state index >= 15 is 0 Å². The third-order valence-electron chi connectivity index (χ3n) is 3.91. The molecule has 0 bridgehead atoms. The highest BCUT2D eigenvalue weighted by Crippen LogP contribution is 2.37. The van der Waals surface area contributed by atoms with Gasteiger partial charge in [-0.25, -0.2) is 0 Å². The van der Waals surface area contributed by atoms with Gasteiger partial charge in [0, 0.05) is 0 Å². The van der Waals surface area contributed by atoms with Crippen LogP contribution >= 0.6 is 0 Å². The first-order valence-electron chi connectivity index (χ1n) is 6.59. The number of allylic oxidation sites excluding steroid dienone is 8. The Hall–Kier alpha value is -1.82. The maximum Gasteiger partial charge on any atom is -0.00854 e. The third-order valence-corrected chi connectivity index (χ3v) is 3.91. The van der Waals surface area contributed by atoms with Crippen molar-refractivity contribution in [2.45, 2.75) is 26.7 Å². The summed E-state index contributed by atoms with van der Waals surface area (Å²) in [6, 6.07) is 8.82. The molecule has 0 fully saturated rings. The quantitative estimate of drug-likeness (QED) is 0.663. The van der Waals surface area contributed by atoms with Gasteiger partial charge < -0.3 is 0 Å². The van der Waals surface area contributed by atoms with Crippen LogP contribution in [0, 0.1) is 0 Å². The molecule has 0 unspecified atom stereocenters. The van der Waals surface area contributed by atoms with E-state index in [-0.39, 0.29) is 0 Å². The maximum atomic E-state index is 2.26. The molecule has 0 aromatic heterocycles. The summed E-state index contributed by atoms with van der Waals surface area (Å²) in [6.45, 7) is 4.42. The van der Waals surface area contributed by atoms with Crippen LogP contribution in [0.2, 0.25) is 0 Å². The molecule has 0 heterocycles. The van der Waals surface area contributed by atoms with Crippen LogP contribution in [0.25, 0.3) is 11.1 Å². The second-order valence-corrected chi connectivity index (χ2v) is 5.08. The second kappa shape index (κ2) is 4.45. The zero-order valence-electron chi connectivity index (χ0n) is 11.0. The molecule has 0 atom stereocenters. The molecule has 0 nitrogen and oxygen atoms in total. The van der Waals surface area contributed by atoms with Crippen LogP contribution in [-0.4, -0.2) is 0 Å². The standard InChI is InChI=1S/C18H18/c1-13-7-5-11-15(13)17-9-3-4-10-18(17)16-12-6-8-14(16)2/h3-10H,11-12H2,1-2H3. The highest BCUT2D eigenvalue weighted by molar-refractivity contribution is 5.86. The average molecular weight is 234 g/mol. The normalized spacial score (nSPS) is 18.3. The second-order valence-electron chi connectivity index (χ2n) is 5.08. The van der Waals surface area contributed by atoms with Gasteiger partial charge in [0.1, 0.15) is 0 Å². The van der Waals surface area contributed by atoms with E-state index in [1.54, 1.807) is 0 Å². The van der Waals surface area contributed by atoms with Crippen LogP contribution in [0.3, 0.4) is 0 Å². The Morgan fingerprint density at radius 2 is 1.17 bits per heavy atom. The minimum absolute atomic E-state index is 1.07. The summed E-state index contributed by atoms with van der Waals surface area (Å²) >= 11 is 0. The zero-order valence-corrected chi connectivity index (χ0v) is 11.0. The first-order valence-corrected chi connectivity index (χ1v) is 6.59. The molecule has 0 spiro atoms. The van der Waals surface area contributed by atoms with Crippen molar-refractivity contribution >= 4 is 11.1 Å². The lowest BCUT2D eigenvalue weighted by Crippen LogP contribution is -1.93. The molecule has 2 aliphatic rings. The van der Waals surface area contributed by atoms with Gasteiger partial charge in [-0.2, -0.15) is 0 Å².